The first-order chi connectivity index (χ1) is 10.2. The molecular weight excluding hydrogens is 267 g/mol. The van der Waals surface area contributed by atoms with Gasteiger partial charge in [-0.25, -0.2) is 0 Å². The number of rotatable bonds is 4. The van der Waals surface area contributed by atoms with Crippen LogP contribution in [0.25, 0.3) is 10.8 Å². The third kappa shape index (κ3) is 3.56. The molecule has 1 heterocycles. The lowest BCUT2D eigenvalue weighted by Gasteiger charge is -2.22. The average Bonchev–Trinajstić information content (AvgIpc) is 2.53. The molecule has 1 saturated heterocycles. The second kappa shape index (κ2) is 6.47. The van der Waals surface area contributed by atoms with Gasteiger partial charge in [0.05, 0.1) is 6.10 Å². The Hall–Kier alpha value is -1.56. The highest BCUT2D eigenvalue weighted by Crippen LogP contribution is 2.21. The summed E-state index contributed by atoms with van der Waals surface area (Å²) in [6.07, 6.45) is 3.61. The van der Waals surface area contributed by atoms with E-state index in [2.05, 4.69) is 0 Å². The molecule has 0 amide bonds. The van der Waals surface area contributed by atoms with Gasteiger partial charge in [0.2, 0.25) is 0 Å². The summed E-state index contributed by atoms with van der Waals surface area (Å²) in [7, 11) is -1.44. The smallest absolute Gasteiger partial charge is 0.488 e. The highest BCUT2D eigenvalue weighted by molar-refractivity contribution is 6.58. The Morgan fingerprint density at radius 3 is 2.67 bits per heavy atom. The molecule has 110 valence electrons. The Bertz CT molecular complexity index is 608. The molecule has 2 aromatic carbocycles. The van der Waals surface area contributed by atoms with Crippen LogP contribution in [0.3, 0.4) is 0 Å². The predicted molar refractivity (Wildman–Crippen MR) is 82.9 cm³/mol. The minimum absolute atomic E-state index is 0.196. The lowest BCUT2D eigenvalue weighted by molar-refractivity contribution is -0.0110. The molecule has 1 aliphatic rings. The summed E-state index contributed by atoms with van der Waals surface area (Å²) in [6, 6.07) is 11.1. The standard InChI is InChI=1S/C16H19BO4/c18-17(19)14-6-4-13-10-15(7-5-12(13)9-14)21-11-16-3-1-2-8-20-16/h4-7,9-10,16,18-19H,1-3,8,11H2. The van der Waals surface area contributed by atoms with E-state index in [9.17, 15) is 10.0 Å². The van der Waals surface area contributed by atoms with Gasteiger partial charge in [-0.15, -0.1) is 0 Å². The Balaban J connectivity index is 1.70. The van der Waals surface area contributed by atoms with Crippen molar-refractivity contribution in [1.29, 1.82) is 0 Å². The molecule has 0 aromatic heterocycles. The minimum Gasteiger partial charge on any atom is -0.491 e. The SMILES string of the molecule is OB(O)c1ccc2cc(OCC3CCCCO3)ccc2c1. The molecule has 1 atom stereocenters. The van der Waals surface area contributed by atoms with Gasteiger partial charge in [-0.1, -0.05) is 24.3 Å². The van der Waals surface area contributed by atoms with E-state index in [0.717, 1.165) is 36.0 Å². The largest absolute Gasteiger partial charge is 0.491 e. The Kier molecular flexibility index (Phi) is 4.43. The lowest BCUT2D eigenvalue weighted by atomic mass is 9.79. The van der Waals surface area contributed by atoms with Crippen molar-refractivity contribution in [2.45, 2.75) is 25.4 Å². The van der Waals surface area contributed by atoms with Crippen LogP contribution in [0.1, 0.15) is 19.3 Å². The first-order valence-electron chi connectivity index (χ1n) is 7.36. The van der Waals surface area contributed by atoms with Crippen molar-refractivity contribution in [3.8, 4) is 5.75 Å². The topological polar surface area (TPSA) is 58.9 Å². The quantitative estimate of drug-likeness (QED) is 0.836. The Morgan fingerprint density at radius 1 is 1.10 bits per heavy atom. The van der Waals surface area contributed by atoms with Crippen LogP contribution in [-0.4, -0.2) is 36.5 Å². The molecule has 0 bridgehead atoms. The van der Waals surface area contributed by atoms with Crippen LogP contribution in [0.4, 0.5) is 0 Å². The van der Waals surface area contributed by atoms with E-state index in [1.165, 1.54) is 6.42 Å². The molecule has 0 saturated carbocycles. The fourth-order valence-electron chi connectivity index (χ4n) is 2.62. The lowest BCUT2D eigenvalue weighted by Crippen LogP contribution is -2.29. The Morgan fingerprint density at radius 2 is 1.90 bits per heavy atom. The second-order valence-electron chi connectivity index (χ2n) is 5.44. The molecule has 1 fully saturated rings. The van der Waals surface area contributed by atoms with Gasteiger partial charge in [-0.05, 0) is 47.6 Å². The molecule has 1 aliphatic heterocycles. The number of hydrogen-bond acceptors (Lipinski definition) is 4. The predicted octanol–water partition coefficient (Wildman–Crippen LogP) is 1.47. The molecule has 4 nitrogen and oxygen atoms in total. The zero-order valence-corrected chi connectivity index (χ0v) is 11.9. The van der Waals surface area contributed by atoms with Crippen molar-refractivity contribution in [2.75, 3.05) is 13.2 Å². The number of fused-ring (bicyclic) bond motifs is 1. The van der Waals surface area contributed by atoms with Crippen LogP contribution in [0.5, 0.6) is 5.75 Å². The summed E-state index contributed by atoms with van der Waals surface area (Å²) in [6.45, 7) is 1.41. The zero-order chi connectivity index (χ0) is 14.7. The van der Waals surface area contributed by atoms with E-state index in [4.69, 9.17) is 9.47 Å². The summed E-state index contributed by atoms with van der Waals surface area (Å²) >= 11 is 0. The van der Waals surface area contributed by atoms with E-state index >= 15 is 0 Å². The van der Waals surface area contributed by atoms with Gasteiger partial charge in [0.15, 0.2) is 0 Å². The van der Waals surface area contributed by atoms with Crippen LogP contribution in [0, 0.1) is 0 Å². The maximum Gasteiger partial charge on any atom is 0.488 e. The van der Waals surface area contributed by atoms with Gasteiger partial charge in [0.1, 0.15) is 12.4 Å². The molecular formula is C16H19BO4. The number of ether oxygens (including phenoxy) is 2. The van der Waals surface area contributed by atoms with Gasteiger partial charge >= 0.3 is 7.12 Å². The van der Waals surface area contributed by atoms with Gasteiger partial charge in [0.25, 0.3) is 0 Å². The van der Waals surface area contributed by atoms with Crippen molar-refractivity contribution in [1.82, 2.24) is 0 Å². The fraction of sp³-hybridized carbons (Fsp3) is 0.375. The van der Waals surface area contributed by atoms with Crippen molar-refractivity contribution < 1.29 is 19.5 Å². The maximum absolute atomic E-state index is 9.18. The highest BCUT2D eigenvalue weighted by atomic mass is 16.5. The number of hydrogen-bond donors (Lipinski definition) is 2. The van der Waals surface area contributed by atoms with Crippen LogP contribution in [-0.2, 0) is 4.74 Å². The third-order valence-electron chi connectivity index (χ3n) is 3.84. The van der Waals surface area contributed by atoms with Gasteiger partial charge in [0, 0.05) is 6.61 Å². The molecule has 0 radical (unpaired) electrons. The van der Waals surface area contributed by atoms with Crippen molar-refractivity contribution in [3.63, 3.8) is 0 Å². The average molecular weight is 286 g/mol. The van der Waals surface area contributed by atoms with Crippen molar-refractivity contribution in [3.05, 3.63) is 36.4 Å². The molecule has 0 aliphatic carbocycles. The number of benzene rings is 2. The zero-order valence-electron chi connectivity index (χ0n) is 11.9. The third-order valence-corrected chi connectivity index (χ3v) is 3.84. The van der Waals surface area contributed by atoms with E-state index in [-0.39, 0.29) is 6.10 Å². The first-order valence-corrected chi connectivity index (χ1v) is 7.36. The fourth-order valence-corrected chi connectivity index (χ4v) is 2.62. The summed E-state index contributed by atoms with van der Waals surface area (Å²) < 4.78 is 11.5. The molecule has 2 aromatic rings. The van der Waals surface area contributed by atoms with Gasteiger partial charge in [-0.2, -0.15) is 0 Å². The van der Waals surface area contributed by atoms with Crippen LogP contribution >= 0.6 is 0 Å². The summed E-state index contributed by atoms with van der Waals surface area (Å²) in [5, 5.41) is 20.3. The normalized spacial score (nSPS) is 18.7. The summed E-state index contributed by atoms with van der Waals surface area (Å²) in [5.41, 5.74) is 0.492. The second-order valence-corrected chi connectivity index (χ2v) is 5.44. The van der Waals surface area contributed by atoms with E-state index in [1.54, 1.807) is 12.1 Å². The molecule has 1 unspecified atom stereocenters. The van der Waals surface area contributed by atoms with E-state index in [1.807, 2.05) is 24.3 Å². The minimum atomic E-state index is -1.44. The van der Waals surface area contributed by atoms with E-state index in [0.29, 0.717) is 12.1 Å². The van der Waals surface area contributed by atoms with E-state index < -0.39 is 7.12 Å². The van der Waals surface area contributed by atoms with Crippen LogP contribution in [0.2, 0.25) is 0 Å². The monoisotopic (exact) mass is 286 g/mol. The van der Waals surface area contributed by atoms with Gasteiger partial charge < -0.3 is 19.5 Å². The summed E-state index contributed by atoms with van der Waals surface area (Å²) in [5.74, 6) is 0.814. The van der Waals surface area contributed by atoms with Crippen molar-refractivity contribution >= 4 is 23.4 Å². The maximum atomic E-state index is 9.18. The molecule has 3 rings (SSSR count). The molecule has 2 N–H and O–H groups in total. The summed E-state index contributed by atoms with van der Waals surface area (Å²) in [4.78, 5) is 0. The Labute approximate surface area is 124 Å². The molecule has 0 spiro atoms. The van der Waals surface area contributed by atoms with Gasteiger partial charge in [-0.3, -0.25) is 0 Å². The first kappa shape index (κ1) is 14.4. The molecule has 5 heteroatoms. The van der Waals surface area contributed by atoms with Crippen LogP contribution < -0.4 is 10.2 Å². The highest BCUT2D eigenvalue weighted by Gasteiger charge is 2.15. The van der Waals surface area contributed by atoms with Crippen LogP contribution in [0.15, 0.2) is 36.4 Å². The molecule has 21 heavy (non-hydrogen) atoms. The van der Waals surface area contributed by atoms with Crippen molar-refractivity contribution in [2.24, 2.45) is 0 Å².